The Labute approximate surface area is 199 Å². The van der Waals surface area contributed by atoms with Crippen LogP contribution in [0.15, 0.2) is 48.5 Å². The van der Waals surface area contributed by atoms with Gasteiger partial charge in [-0.2, -0.15) is 13.2 Å². The van der Waals surface area contributed by atoms with Crippen molar-refractivity contribution in [2.75, 3.05) is 0 Å². The Balaban J connectivity index is 1.25. The van der Waals surface area contributed by atoms with E-state index in [0.29, 0.717) is 23.6 Å². The van der Waals surface area contributed by atoms with Gasteiger partial charge in [0, 0.05) is 24.0 Å². The van der Waals surface area contributed by atoms with Crippen LogP contribution in [0.3, 0.4) is 0 Å². The van der Waals surface area contributed by atoms with Crippen molar-refractivity contribution in [3.63, 3.8) is 0 Å². The zero-order valence-corrected chi connectivity index (χ0v) is 19.9. The van der Waals surface area contributed by atoms with Gasteiger partial charge in [0.25, 0.3) is 0 Å². The SMILES string of the molecule is CC(C)(C)OC(=O)N[C@H]1CC[C@@H](N[C@H]2C[C@@H]2c2ccc(-c3cccc(C(F)(F)F)c3)cc2)CC1. The summed E-state index contributed by atoms with van der Waals surface area (Å²) in [6.45, 7) is 5.58. The first-order valence-corrected chi connectivity index (χ1v) is 12.0. The fraction of sp³-hybridized carbons (Fsp3) is 0.519. The Kier molecular flexibility index (Phi) is 6.94. The number of carbonyl (C=O) groups excluding carboxylic acids is 1. The topological polar surface area (TPSA) is 50.4 Å². The highest BCUT2D eigenvalue weighted by Crippen LogP contribution is 2.42. The molecule has 2 fully saturated rings. The van der Waals surface area contributed by atoms with Crippen molar-refractivity contribution in [2.45, 2.75) is 88.7 Å². The Morgan fingerprint density at radius 1 is 0.912 bits per heavy atom. The van der Waals surface area contributed by atoms with Crippen molar-refractivity contribution in [2.24, 2.45) is 0 Å². The number of nitrogens with one attached hydrogen (secondary N) is 2. The van der Waals surface area contributed by atoms with E-state index in [1.807, 2.05) is 45.0 Å². The number of ether oxygens (including phenoxy) is 1. The average molecular weight is 475 g/mol. The van der Waals surface area contributed by atoms with Crippen molar-refractivity contribution >= 4 is 6.09 Å². The lowest BCUT2D eigenvalue weighted by molar-refractivity contribution is -0.137. The Morgan fingerprint density at radius 2 is 1.56 bits per heavy atom. The number of amides is 1. The summed E-state index contributed by atoms with van der Waals surface area (Å²) in [7, 11) is 0. The third-order valence-electron chi connectivity index (χ3n) is 6.55. The largest absolute Gasteiger partial charge is 0.444 e. The van der Waals surface area contributed by atoms with E-state index in [4.69, 9.17) is 4.74 Å². The molecule has 0 unspecified atom stereocenters. The van der Waals surface area contributed by atoms with Gasteiger partial charge in [-0.25, -0.2) is 4.79 Å². The quantitative estimate of drug-likeness (QED) is 0.510. The molecule has 2 N–H and O–H groups in total. The average Bonchev–Trinajstić information content (AvgIpc) is 3.52. The van der Waals surface area contributed by atoms with Crippen LogP contribution in [0.4, 0.5) is 18.0 Å². The molecule has 2 aromatic rings. The fourth-order valence-corrected chi connectivity index (χ4v) is 4.73. The van der Waals surface area contributed by atoms with Crippen LogP contribution in [0.25, 0.3) is 11.1 Å². The van der Waals surface area contributed by atoms with Crippen LogP contribution in [0, 0.1) is 0 Å². The maximum atomic E-state index is 13.0. The molecule has 184 valence electrons. The molecule has 0 bridgehead atoms. The molecule has 2 aliphatic carbocycles. The van der Waals surface area contributed by atoms with Crippen LogP contribution < -0.4 is 10.6 Å². The smallest absolute Gasteiger partial charge is 0.416 e. The number of rotatable bonds is 5. The maximum absolute atomic E-state index is 13.0. The lowest BCUT2D eigenvalue weighted by Crippen LogP contribution is -2.44. The lowest BCUT2D eigenvalue weighted by Gasteiger charge is -2.30. The summed E-state index contributed by atoms with van der Waals surface area (Å²) >= 11 is 0. The van der Waals surface area contributed by atoms with E-state index in [2.05, 4.69) is 10.6 Å². The van der Waals surface area contributed by atoms with E-state index < -0.39 is 17.3 Å². The second-order valence-corrected chi connectivity index (χ2v) is 10.5. The predicted molar refractivity (Wildman–Crippen MR) is 127 cm³/mol. The van der Waals surface area contributed by atoms with Crippen LogP contribution in [0.5, 0.6) is 0 Å². The molecule has 4 rings (SSSR count). The molecule has 0 saturated heterocycles. The van der Waals surface area contributed by atoms with Crippen molar-refractivity contribution in [3.05, 3.63) is 59.7 Å². The molecule has 1 amide bonds. The van der Waals surface area contributed by atoms with Gasteiger partial charge >= 0.3 is 12.3 Å². The van der Waals surface area contributed by atoms with Crippen molar-refractivity contribution in [1.82, 2.24) is 10.6 Å². The minimum absolute atomic E-state index is 0.159. The van der Waals surface area contributed by atoms with Crippen LogP contribution in [0.2, 0.25) is 0 Å². The van der Waals surface area contributed by atoms with E-state index in [1.165, 1.54) is 17.7 Å². The van der Waals surface area contributed by atoms with Crippen molar-refractivity contribution in [3.8, 4) is 11.1 Å². The van der Waals surface area contributed by atoms with Gasteiger partial charge in [-0.05, 0) is 81.7 Å². The second kappa shape index (κ2) is 9.61. The molecule has 7 heteroatoms. The zero-order chi connectivity index (χ0) is 24.5. The summed E-state index contributed by atoms with van der Waals surface area (Å²) in [5, 5.41) is 6.73. The lowest BCUT2D eigenvalue weighted by atomic mass is 9.91. The Bertz CT molecular complexity index is 990. The molecule has 34 heavy (non-hydrogen) atoms. The van der Waals surface area contributed by atoms with Gasteiger partial charge in [-0.1, -0.05) is 36.4 Å². The van der Waals surface area contributed by atoms with E-state index in [-0.39, 0.29) is 12.1 Å². The third kappa shape index (κ3) is 6.53. The number of alkyl carbamates (subject to hydrolysis) is 1. The summed E-state index contributed by atoms with van der Waals surface area (Å²) in [5.41, 5.74) is 1.46. The minimum atomic E-state index is -4.34. The number of carbonyl (C=O) groups is 1. The number of hydrogen-bond acceptors (Lipinski definition) is 3. The number of halogens is 3. The van der Waals surface area contributed by atoms with Gasteiger partial charge in [0.15, 0.2) is 0 Å². The van der Waals surface area contributed by atoms with Gasteiger partial charge in [0.2, 0.25) is 0 Å². The highest BCUT2D eigenvalue weighted by molar-refractivity contribution is 5.68. The normalized spacial score (nSPS) is 25.0. The minimum Gasteiger partial charge on any atom is -0.444 e. The van der Waals surface area contributed by atoms with E-state index in [0.717, 1.165) is 43.7 Å². The van der Waals surface area contributed by atoms with Gasteiger partial charge in [0.05, 0.1) is 5.56 Å². The Morgan fingerprint density at radius 3 is 2.18 bits per heavy atom. The van der Waals surface area contributed by atoms with E-state index in [1.54, 1.807) is 6.07 Å². The number of benzene rings is 2. The first-order valence-electron chi connectivity index (χ1n) is 12.0. The number of alkyl halides is 3. The molecule has 2 aromatic carbocycles. The summed E-state index contributed by atoms with van der Waals surface area (Å²) in [6.07, 6.45) is 0.267. The monoisotopic (exact) mass is 474 g/mol. The molecule has 2 atom stereocenters. The van der Waals surface area contributed by atoms with Gasteiger partial charge < -0.3 is 15.4 Å². The van der Waals surface area contributed by atoms with Crippen LogP contribution in [-0.2, 0) is 10.9 Å². The van der Waals surface area contributed by atoms with E-state index in [9.17, 15) is 18.0 Å². The summed E-state index contributed by atoms with van der Waals surface area (Å²) < 4.78 is 44.4. The van der Waals surface area contributed by atoms with Crippen molar-refractivity contribution in [1.29, 1.82) is 0 Å². The standard InChI is InChI=1S/C27H33F3N2O2/c1-26(2,3)34-25(33)32-22-13-11-21(12-14-22)31-24-16-23(24)18-9-7-17(8-10-18)19-5-4-6-20(15-19)27(28,29)30/h4-10,15,21-24,31H,11-14,16H2,1-3H3,(H,32,33)/t21-,22+,23-,24+/m1/s1. The van der Waals surface area contributed by atoms with Crippen LogP contribution in [-0.4, -0.2) is 29.8 Å². The first kappa shape index (κ1) is 24.6. The van der Waals surface area contributed by atoms with Gasteiger partial charge in [0.1, 0.15) is 5.60 Å². The molecule has 0 aliphatic heterocycles. The van der Waals surface area contributed by atoms with Crippen LogP contribution in [0.1, 0.15) is 69.9 Å². The summed E-state index contributed by atoms with van der Waals surface area (Å²) in [5.74, 6) is 0.438. The summed E-state index contributed by atoms with van der Waals surface area (Å²) in [4.78, 5) is 12.0. The van der Waals surface area contributed by atoms with Gasteiger partial charge in [-0.3, -0.25) is 0 Å². The number of hydrogen-bond donors (Lipinski definition) is 2. The summed E-state index contributed by atoms with van der Waals surface area (Å²) in [6, 6.07) is 14.4. The zero-order valence-electron chi connectivity index (χ0n) is 19.9. The van der Waals surface area contributed by atoms with Crippen LogP contribution >= 0.6 is 0 Å². The highest BCUT2D eigenvalue weighted by atomic mass is 19.4. The molecule has 4 nitrogen and oxygen atoms in total. The first-order chi connectivity index (χ1) is 16.0. The molecule has 0 heterocycles. The van der Waals surface area contributed by atoms with Crippen molar-refractivity contribution < 1.29 is 22.7 Å². The molecule has 0 aromatic heterocycles. The molecular weight excluding hydrogens is 441 g/mol. The molecular formula is C27H33F3N2O2. The van der Waals surface area contributed by atoms with E-state index >= 15 is 0 Å². The highest BCUT2D eigenvalue weighted by Gasteiger charge is 2.40. The fourth-order valence-electron chi connectivity index (χ4n) is 4.73. The Hall–Kier alpha value is -2.54. The van der Waals surface area contributed by atoms with Gasteiger partial charge in [-0.15, -0.1) is 0 Å². The molecule has 0 radical (unpaired) electrons. The predicted octanol–water partition coefficient (Wildman–Crippen LogP) is 6.65. The second-order valence-electron chi connectivity index (χ2n) is 10.5. The third-order valence-corrected chi connectivity index (χ3v) is 6.55. The molecule has 2 aliphatic rings. The maximum Gasteiger partial charge on any atom is 0.416 e. The molecule has 2 saturated carbocycles. The molecule has 0 spiro atoms.